The van der Waals surface area contributed by atoms with E-state index in [1.165, 1.54) is 0 Å². The minimum absolute atomic E-state index is 0.728. The summed E-state index contributed by atoms with van der Waals surface area (Å²) in [6.45, 7) is 1.93. The Labute approximate surface area is 82.9 Å². The molecule has 0 bridgehead atoms. The smallest absolute Gasteiger partial charge is 0.0719 e. The summed E-state index contributed by atoms with van der Waals surface area (Å²) in [5, 5.41) is 4.12. The lowest BCUT2D eigenvalue weighted by atomic mass is 10.4. The first-order valence-corrected chi connectivity index (χ1v) is 4.73. The molecule has 0 aliphatic carbocycles. The standard InChI is InChI=1S/C10H14N4/c11-10-8-12-14(9-10)7-3-6-13-4-1-2-5-13/h1-2,4-5,8-9H,3,6-7,11H2. The summed E-state index contributed by atoms with van der Waals surface area (Å²) < 4.78 is 4.03. The van der Waals surface area contributed by atoms with E-state index in [0.717, 1.165) is 25.2 Å². The Kier molecular flexibility index (Phi) is 2.53. The fraction of sp³-hybridized carbons (Fsp3) is 0.300. The Morgan fingerprint density at radius 3 is 2.64 bits per heavy atom. The van der Waals surface area contributed by atoms with Gasteiger partial charge in [0.1, 0.15) is 0 Å². The van der Waals surface area contributed by atoms with Crippen LogP contribution in [0.4, 0.5) is 5.69 Å². The molecule has 2 N–H and O–H groups in total. The summed E-state index contributed by atoms with van der Waals surface area (Å²) >= 11 is 0. The number of nitrogens with zero attached hydrogens (tertiary/aromatic N) is 3. The van der Waals surface area contributed by atoms with Gasteiger partial charge >= 0.3 is 0 Å². The maximum absolute atomic E-state index is 5.56. The second-order valence-electron chi connectivity index (χ2n) is 3.31. The highest BCUT2D eigenvalue weighted by atomic mass is 15.3. The molecule has 2 heterocycles. The van der Waals surface area contributed by atoms with Crippen LogP contribution < -0.4 is 5.73 Å². The topological polar surface area (TPSA) is 48.8 Å². The van der Waals surface area contributed by atoms with Gasteiger partial charge < -0.3 is 10.3 Å². The number of hydrogen-bond donors (Lipinski definition) is 1. The number of anilines is 1. The van der Waals surface area contributed by atoms with Crippen molar-refractivity contribution in [3.63, 3.8) is 0 Å². The van der Waals surface area contributed by atoms with Crippen LogP contribution >= 0.6 is 0 Å². The van der Waals surface area contributed by atoms with Crippen molar-refractivity contribution in [1.29, 1.82) is 0 Å². The van der Waals surface area contributed by atoms with Crippen molar-refractivity contribution in [3.8, 4) is 0 Å². The SMILES string of the molecule is Nc1cnn(CCCn2cccc2)c1. The van der Waals surface area contributed by atoms with Crippen LogP contribution in [0.1, 0.15) is 6.42 Å². The van der Waals surface area contributed by atoms with E-state index in [9.17, 15) is 0 Å². The molecule has 4 heteroatoms. The number of aromatic nitrogens is 3. The molecule has 0 spiro atoms. The number of hydrogen-bond acceptors (Lipinski definition) is 2. The monoisotopic (exact) mass is 190 g/mol. The van der Waals surface area contributed by atoms with Crippen molar-refractivity contribution >= 4 is 5.69 Å². The number of aryl methyl sites for hydroxylation is 2. The van der Waals surface area contributed by atoms with Gasteiger partial charge in [0.25, 0.3) is 0 Å². The van der Waals surface area contributed by atoms with Crippen LogP contribution in [0.15, 0.2) is 36.9 Å². The minimum atomic E-state index is 0.728. The fourth-order valence-corrected chi connectivity index (χ4v) is 1.44. The van der Waals surface area contributed by atoms with E-state index in [-0.39, 0.29) is 0 Å². The first-order valence-electron chi connectivity index (χ1n) is 4.73. The van der Waals surface area contributed by atoms with Gasteiger partial charge in [-0.1, -0.05) is 0 Å². The van der Waals surface area contributed by atoms with Gasteiger partial charge in [0, 0.05) is 31.7 Å². The summed E-state index contributed by atoms with van der Waals surface area (Å²) in [5.41, 5.74) is 6.28. The van der Waals surface area contributed by atoms with E-state index < -0.39 is 0 Å². The minimum Gasteiger partial charge on any atom is -0.396 e. The molecule has 4 nitrogen and oxygen atoms in total. The van der Waals surface area contributed by atoms with Crippen molar-refractivity contribution in [2.75, 3.05) is 5.73 Å². The first-order chi connectivity index (χ1) is 6.84. The van der Waals surface area contributed by atoms with Crippen LogP contribution in [0.25, 0.3) is 0 Å². The van der Waals surface area contributed by atoms with Crippen molar-refractivity contribution in [1.82, 2.24) is 14.3 Å². The number of nitrogen functional groups attached to an aromatic ring is 1. The molecule has 0 amide bonds. The zero-order valence-electron chi connectivity index (χ0n) is 8.00. The molecule has 0 aliphatic rings. The maximum Gasteiger partial charge on any atom is 0.0719 e. The molecule has 0 aromatic carbocycles. The lowest BCUT2D eigenvalue weighted by molar-refractivity contribution is 0.528. The molecule has 2 rings (SSSR count). The van der Waals surface area contributed by atoms with Crippen molar-refractivity contribution in [2.45, 2.75) is 19.5 Å². The molecule has 14 heavy (non-hydrogen) atoms. The highest BCUT2D eigenvalue weighted by Gasteiger charge is 1.94. The second kappa shape index (κ2) is 4.00. The molecule has 0 saturated heterocycles. The molecule has 2 aromatic rings. The normalized spacial score (nSPS) is 10.6. The third-order valence-electron chi connectivity index (χ3n) is 2.12. The summed E-state index contributed by atoms with van der Waals surface area (Å²) in [6, 6.07) is 4.07. The quantitative estimate of drug-likeness (QED) is 0.791. The van der Waals surface area contributed by atoms with Gasteiger partial charge in [0.2, 0.25) is 0 Å². The largest absolute Gasteiger partial charge is 0.396 e. The van der Waals surface area contributed by atoms with Crippen LogP contribution in [0, 0.1) is 0 Å². The Morgan fingerprint density at radius 1 is 1.21 bits per heavy atom. The zero-order chi connectivity index (χ0) is 9.80. The Morgan fingerprint density at radius 2 is 2.00 bits per heavy atom. The van der Waals surface area contributed by atoms with Gasteiger partial charge in [0.05, 0.1) is 11.9 Å². The van der Waals surface area contributed by atoms with Crippen LogP contribution in [0.5, 0.6) is 0 Å². The van der Waals surface area contributed by atoms with Gasteiger partial charge in [-0.05, 0) is 18.6 Å². The number of rotatable bonds is 4. The molecule has 74 valence electrons. The lowest BCUT2D eigenvalue weighted by Crippen LogP contribution is -2.02. The summed E-state index contributed by atoms with van der Waals surface area (Å²) in [4.78, 5) is 0. The third-order valence-corrected chi connectivity index (χ3v) is 2.12. The summed E-state index contributed by atoms with van der Waals surface area (Å²) in [7, 11) is 0. The van der Waals surface area contributed by atoms with E-state index in [1.54, 1.807) is 6.20 Å². The average Bonchev–Trinajstić information content (AvgIpc) is 2.77. The van der Waals surface area contributed by atoms with Crippen molar-refractivity contribution in [2.24, 2.45) is 0 Å². The number of nitrogens with two attached hydrogens (primary N) is 1. The highest BCUT2D eigenvalue weighted by Crippen LogP contribution is 2.00. The maximum atomic E-state index is 5.56. The van der Waals surface area contributed by atoms with Gasteiger partial charge in [-0.3, -0.25) is 4.68 Å². The van der Waals surface area contributed by atoms with E-state index >= 15 is 0 Å². The van der Waals surface area contributed by atoms with Gasteiger partial charge in [-0.15, -0.1) is 0 Å². The Bertz CT molecular complexity index is 374. The van der Waals surface area contributed by atoms with Crippen LogP contribution in [-0.4, -0.2) is 14.3 Å². The third kappa shape index (κ3) is 2.16. The van der Waals surface area contributed by atoms with E-state index in [2.05, 4.69) is 22.1 Å². The van der Waals surface area contributed by atoms with Gasteiger partial charge in [0.15, 0.2) is 0 Å². The molecule has 0 aliphatic heterocycles. The van der Waals surface area contributed by atoms with Gasteiger partial charge in [-0.2, -0.15) is 5.10 Å². The molecule has 0 atom stereocenters. The first kappa shape index (κ1) is 8.87. The van der Waals surface area contributed by atoms with E-state index in [4.69, 9.17) is 5.73 Å². The van der Waals surface area contributed by atoms with E-state index in [1.807, 2.05) is 23.0 Å². The Hall–Kier alpha value is -1.71. The molecule has 0 fully saturated rings. The molecule has 0 unspecified atom stereocenters. The predicted octanol–water partition coefficient (Wildman–Crippen LogP) is 1.36. The summed E-state index contributed by atoms with van der Waals surface area (Å²) in [6.07, 6.45) is 8.73. The van der Waals surface area contributed by atoms with Crippen molar-refractivity contribution in [3.05, 3.63) is 36.9 Å². The zero-order valence-corrected chi connectivity index (χ0v) is 8.00. The lowest BCUT2D eigenvalue weighted by Gasteiger charge is -2.02. The predicted molar refractivity (Wildman–Crippen MR) is 55.7 cm³/mol. The van der Waals surface area contributed by atoms with E-state index in [0.29, 0.717) is 0 Å². The fourth-order valence-electron chi connectivity index (χ4n) is 1.44. The molecule has 2 aromatic heterocycles. The van der Waals surface area contributed by atoms with Gasteiger partial charge in [-0.25, -0.2) is 0 Å². The van der Waals surface area contributed by atoms with Crippen LogP contribution in [0.2, 0.25) is 0 Å². The second-order valence-corrected chi connectivity index (χ2v) is 3.31. The van der Waals surface area contributed by atoms with Crippen molar-refractivity contribution < 1.29 is 0 Å². The van der Waals surface area contributed by atoms with Crippen LogP contribution in [-0.2, 0) is 13.1 Å². The molecule has 0 radical (unpaired) electrons. The molecule has 0 saturated carbocycles. The average molecular weight is 190 g/mol. The highest BCUT2D eigenvalue weighted by molar-refractivity contribution is 5.30. The molecular formula is C10H14N4. The summed E-state index contributed by atoms with van der Waals surface area (Å²) in [5.74, 6) is 0. The molecular weight excluding hydrogens is 176 g/mol. The Balaban J connectivity index is 1.78. The van der Waals surface area contributed by atoms with Crippen LogP contribution in [0.3, 0.4) is 0 Å².